The Morgan fingerprint density at radius 1 is 0.780 bits per heavy atom. The summed E-state index contributed by atoms with van der Waals surface area (Å²) in [6, 6.07) is 29.3. The number of ketones is 1. The molecule has 4 heterocycles. The number of nitrogens with one attached hydrogen (secondary N) is 1. The highest BCUT2D eigenvalue weighted by molar-refractivity contribution is 6.47. The quantitative estimate of drug-likeness (QED) is 0.205. The fourth-order valence-electron chi connectivity index (χ4n) is 5.63. The number of amides is 1. The number of hydrogen-bond acceptors (Lipinski definition) is 5. The lowest BCUT2D eigenvalue weighted by Crippen LogP contribution is -2.31. The minimum atomic E-state index is -0.662. The molecule has 5 aromatic rings. The molecule has 0 bridgehead atoms. The summed E-state index contributed by atoms with van der Waals surface area (Å²) in [7, 11) is 0. The number of pyridine rings is 2. The van der Waals surface area contributed by atoms with Crippen LogP contribution in [0.3, 0.4) is 0 Å². The highest BCUT2D eigenvalue weighted by atomic mass is 16.2. The molecule has 1 N–H and O–H groups in total. The van der Waals surface area contributed by atoms with E-state index in [0.29, 0.717) is 11.4 Å². The second kappa shape index (κ2) is 11.3. The first kappa shape index (κ1) is 26.3. The first-order valence-electron chi connectivity index (χ1n) is 14.0. The molecule has 1 aliphatic rings. The number of carbonyl (C=O) groups is 2. The van der Waals surface area contributed by atoms with Crippen molar-refractivity contribution in [3.63, 3.8) is 0 Å². The van der Waals surface area contributed by atoms with Crippen LogP contribution in [0.5, 0.6) is 0 Å². The van der Waals surface area contributed by atoms with Gasteiger partial charge in [0.1, 0.15) is 11.5 Å². The fourth-order valence-corrected chi connectivity index (χ4v) is 5.63. The fraction of sp³-hybridized carbons (Fsp3) is 0.206. The Morgan fingerprint density at radius 3 is 2.29 bits per heavy atom. The normalized spacial score (nSPS) is 13.7. The molecule has 206 valence electrons. The number of aromatic nitrogens is 2. The van der Waals surface area contributed by atoms with Crippen molar-refractivity contribution in [2.75, 3.05) is 41.3 Å². The number of anilines is 3. The van der Waals surface area contributed by atoms with Crippen LogP contribution in [0.2, 0.25) is 0 Å². The van der Waals surface area contributed by atoms with Crippen LogP contribution in [0.15, 0.2) is 97.2 Å². The van der Waals surface area contributed by atoms with E-state index >= 15 is 0 Å². The first-order valence-corrected chi connectivity index (χ1v) is 14.0. The number of Topliss-reactive ketones (excluding diaryl/α,β-unsaturated/α-hetero) is 1. The van der Waals surface area contributed by atoms with E-state index < -0.39 is 11.7 Å². The molecule has 2 aromatic carbocycles. The van der Waals surface area contributed by atoms with Crippen molar-refractivity contribution in [1.29, 1.82) is 0 Å². The summed E-state index contributed by atoms with van der Waals surface area (Å²) in [5.74, 6) is -0.199. The number of nitrogens with zero attached hydrogens (tertiary/aromatic N) is 4. The third-order valence-corrected chi connectivity index (χ3v) is 7.58. The molecule has 1 saturated heterocycles. The summed E-state index contributed by atoms with van der Waals surface area (Å²) in [5.41, 5.74) is 6.78. The third-order valence-electron chi connectivity index (χ3n) is 7.58. The molecule has 1 aliphatic heterocycles. The van der Waals surface area contributed by atoms with E-state index in [1.54, 1.807) is 4.40 Å². The van der Waals surface area contributed by atoms with Gasteiger partial charge in [-0.25, -0.2) is 4.98 Å². The van der Waals surface area contributed by atoms with E-state index in [1.165, 1.54) is 5.56 Å². The predicted molar refractivity (Wildman–Crippen MR) is 165 cm³/mol. The minimum absolute atomic E-state index is 0.355. The monoisotopic (exact) mass is 543 g/mol. The van der Waals surface area contributed by atoms with Gasteiger partial charge in [-0.3, -0.25) is 9.59 Å². The van der Waals surface area contributed by atoms with E-state index in [0.717, 1.165) is 66.4 Å². The Bertz CT molecular complexity index is 1690. The molecule has 6 rings (SSSR count). The number of hydrogen-bond donors (Lipinski definition) is 1. The summed E-state index contributed by atoms with van der Waals surface area (Å²) in [4.78, 5) is 36.2. The Labute approximate surface area is 240 Å². The zero-order valence-corrected chi connectivity index (χ0v) is 23.4. The zero-order valence-electron chi connectivity index (χ0n) is 23.4. The van der Waals surface area contributed by atoms with Gasteiger partial charge in [0.05, 0.1) is 0 Å². The summed E-state index contributed by atoms with van der Waals surface area (Å²) in [6.07, 6.45) is 2.84. The van der Waals surface area contributed by atoms with E-state index in [4.69, 9.17) is 4.98 Å². The summed E-state index contributed by atoms with van der Waals surface area (Å²) in [6.45, 7) is 7.81. The van der Waals surface area contributed by atoms with Crippen LogP contribution >= 0.6 is 0 Å². The Hall–Kier alpha value is -4.91. The van der Waals surface area contributed by atoms with Gasteiger partial charge >= 0.3 is 0 Å². The Kier molecular flexibility index (Phi) is 7.25. The molecule has 7 nitrogen and oxygen atoms in total. The number of fused-ring (bicyclic) bond motifs is 1. The predicted octanol–water partition coefficient (Wildman–Crippen LogP) is 6.16. The van der Waals surface area contributed by atoms with Gasteiger partial charge in [0.25, 0.3) is 11.7 Å². The molecule has 1 amide bonds. The second-order valence-corrected chi connectivity index (χ2v) is 10.6. The van der Waals surface area contributed by atoms with Crippen molar-refractivity contribution >= 4 is 34.4 Å². The number of benzene rings is 2. The number of aryl methyl sites for hydroxylation is 2. The standard InChI is InChI=1S/C34H33N5O2/c1-24-21-25(2)35-31(22-24)38-17-8-16-37(19-20-38)28-14-12-27(13-15-28)36-34(41)33(40)32-30(26-9-4-3-5-10-26)23-29-11-6-7-18-39(29)32/h3-7,9-15,18,21-23H,8,16-17,19-20H2,1-2H3,(H,36,41). The lowest BCUT2D eigenvalue weighted by atomic mass is 10.0. The third kappa shape index (κ3) is 5.57. The Morgan fingerprint density at radius 2 is 1.51 bits per heavy atom. The largest absolute Gasteiger partial charge is 0.370 e. The minimum Gasteiger partial charge on any atom is -0.370 e. The SMILES string of the molecule is Cc1cc(C)nc(N2CCCN(c3ccc(NC(=O)C(=O)c4c(-c5ccccc5)cc5ccccn45)cc3)CC2)c1. The van der Waals surface area contributed by atoms with E-state index in [1.807, 2.05) is 92.0 Å². The van der Waals surface area contributed by atoms with Gasteiger partial charge in [0.2, 0.25) is 0 Å². The molecule has 0 saturated carbocycles. The molecule has 0 atom stereocenters. The average Bonchev–Trinajstić information content (AvgIpc) is 3.19. The van der Waals surface area contributed by atoms with Crippen molar-refractivity contribution in [2.24, 2.45) is 0 Å². The van der Waals surface area contributed by atoms with Crippen molar-refractivity contribution in [3.8, 4) is 11.1 Å². The highest BCUT2D eigenvalue weighted by Gasteiger charge is 2.25. The van der Waals surface area contributed by atoms with Crippen molar-refractivity contribution in [2.45, 2.75) is 20.3 Å². The van der Waals surface area contributed by atoms with Gasteiger partial charge in [-0.15, -0.1) is 0 Å². The first-order chi connectivity index (χ1) is 20.0. The van der Waals surface area contributed by atoms with Gasteiger partial charge in [-0.05, 0) is 86.0 Å². The summed E-state index contributed by atoms with van der Waals surface area (Å²) in [5, 5.41) is 2.82. The molecule has 3 aromatic heterocycles. The van der Waals surface area contributed by atoms with Gasteiger partial charge in [0.15, 0.2) is 0 Å². The van der Waals surface area contributed by atoms with E-state index in [2.05, 4.69) is 34.2 Å². The second-order valence-electron chi connectivity index (χ2n) is 10.6. The van der Waals surface area contributed by atoms with Crippen LogP contribution in [-0.4, -0.2) is 47.3 Å². The van der Waals surface area contributed by atoms with E-state index in [-0.39, 0.29) is 0 Å². The molecule has 0 spiro atoms. The smallest absolute Gasteiger partial charge is 0.298 e. The van der Waals surface area contributed by atoms with E-state index in [9.17, 15) is 9.59 Å². The van der Waals surface area contributed by atoms with Crippen molar-refractivity contribution in [1.82, 2.24) is 9.38 Å². The van der Waals surface area contributed by atoms with Crippen LogP contribution in [0.4, 0.5) is 17.2 Å². The maximum absolute atomic E-state index is 13.5. The van der Waals surface area contributed by atoms with Crippen LogP contribution in [0, 0.1) is 13.8 Å². The lowest BCUT2D eigenvalue weighted by Gasteiger charge is -2.24. The molecule has 7 heteroatoms. The van der Waals surface area contributed by atoms with Gasteiger partial charge in [-0.1, -0.05) is 36.4 Å². The van der Waals surface area contributed by atoms with Crippen LogP contribution < -0.4 is 15.1 Å². The molecule has 41 heavy (non-hydrogen) atoms. The molecule has 0 aliphatic carbocycles. The van der Waals surface area contributed by atoms with Crippen LogP contribution in [-0.2, 0) is 4.79 Å². The maximum Gasteiger partial charge on any atom is 0.298 e. The van der Waals surface area contributed by atoms with Crippen LogP contribution in [0.25, 0.3) is 16.6 Å². The van der Waals surface area contributed by atoms with Crippen LogP contribution in [0.1, 0.15) is 28.2 Å². The molecule has 0 radical (unpaired) electrons. The summed E-state index contributed by atoms with van der Waals surface area (Å²) >= 11 is 0. The zero-order chi connectivity index (χ0) is 28.3. The summed E-state index contributed by atoms with van der Waals surface area (Å²) < 4.78 is 1.78. The topological polar surface area (TPSA) is 70.0 Å². The van der Waals surface area contributed by atoms with Gasteiger partial charge in [0, 0.05) is 60.5 Å². The highest BCUT2D eigenvalue weighted by Crippen LogP contribution is 2.29. The van der Waals surface area contributed by atoms with Crippen molar-refractivity contribution < 1.29 is 9.59 Å². The number of rotatable bonds is 6. The van der Waals surface area contributed by atoms with Gasteiger partial charge in [-0.2, -0.15) is 0 Å². The maximum atomic E-state index is 13.5. The molecule has 1 fully saturated rings. The Balaban J connectivity index is 1.16. The number of carbonyl (C=O) groups excluding carboxylic acids is 2. The molecular formula is C34H33N5O2. The molecule has 0 unspecified atom stereocenters. The molecular weight excluding hydrogens is 510 g/mol. The van der Waals surface area contributed by atoms with Crippen molar-refractivity contribution in [3.05, 3.63) is 114 Å². The van der Waals surface area contributed by atoms with Gasteiger partial charge < -0.3 is 19.5 Å². The average molecular weight is 544 g/mol. The lowest BCUT2D eigenvalue weighted by molar-refractivity contribution is -0.112.